The Labute approximate surface area is 177 Å². The van der Waals surface area contributed by atoms with Crippen molar-refractivity contribution in [2.75, 3.05) is 86.4 Å². The van der Waals surface area contributed by atoms with Gasteiger partial charge in [0.25, 0.3) is 5.24 Å². The first-order chi connectivity index (χ1) is 14.2. The van der Waals surface area contributed by atoms with Crippen LogP contribution in [0.4, 0.5) is 0 Å². The smallest absolute Gasteiger partial charge is 0.252 e. The van der Waals surface area contributed by atoms with Crippen LogP contribution in [0, 0.1) is 0 Å². The van der Waals surface area contributed by atoms with Crippen LogP contribution in [0.3, 0.4) is 0 Å². The van der Waals surface area contributed by atoms with Crippen LogP contribution in [0.25, 0.3) is 0 Å². The second kappa shape index (κ2) is 18.7. The van der Waals surface area contributed by atoms with Gasteiger partial charge >= 0.3 is 0 Å². The number of carbonyl (C=O) groups is 1. The molecule has 0 bridgehead atoms. The average Bonchev–Trinajstić information content (AvgIpc) is 2.73. The summed E-state index contributed by atoms with van der Waals surface area (Å²) in [5.41, 5.74) is 0.437. The van der Waals surface area contributed by atoms with Gasteiger partial charge in [0.15, 0.2) is 0 Å². The van der Waals surface area contributed by atoms with E-state index in [2.05, 4.69) is 0 Å². The second-order valence-electron chi connectivity index (χ2n) is 5.70. The Bertz CT molecular complexity index is 512. The topological polar surface area (TPSA) is 81.7 Å². The van der Waals surface area contributed by atoms with Crippen molar-refractivity contribution in [3.8, 4) is 5.75 Å². The Kier molecular flexibility index (Phi) is 16.7. The Morgan fingerprint density at radius 2 is 1.03 bits per heavy atom. The Hall–Kier alpha value is -1.26. The molecule has 0 saturated carbocycles. The number of halogens is 1. The first-order valence-electron chi connectivity index (χ1n) is 9.54. The molecule has 0 amide bonds. The SMILES string of the molecule is COCCOCCOCCOCCOCCOCCOc1ccc(C(=O)Cl)cc1. The number of hydrogen-bond acceptors (Lipinski definition) is 8. The van der Waals surface area contributed by atoms with E-state index in [-0.39, 0.29) is 0 Å². The third-order valence-corrected chi connectivity index (χ3v) is 3.72. The minimum atomic E-state index is -0.488. The van der Waals surface area contributed by atoms with Gasteiger partial charge in [0, 0.05) is 12.7 Å². The van der Waals surface area contributed by atoms with E-state index in [4.69, 9.17) is 44.8 Å². The maximum absolute atomic E-state index is 11.0. The van der Waals surface area contributed by atoms with Crippen molar-refractivity contribution in [1.82, 2.24) is 0 Å². The van der Waals surface area contributed by atoms with Gasteiger partial charge in [-0.15, -0.1) is 0 Å². The summed E-state index contributed by atoms with van der Waals surface area (Å²) in [7, 11) is 1.64. The predicted molar refractivity (Wildman–Crippen MR) is 108 cm³/mol. The molecule has 0 fully saturated rings. The zero-order valence-corrected chi connectivity index (χ0v) is 17.7. The monoisotopic (exact) mass is 434 g/mol. The van der Waals surface area contributed by atoms with Crippen LogP contribution in [-0.2, 0) is 28.4 Å². The molecule has 9 heteroatoms. The molecule has 0 unspecified atom stereocenters. The minimum absolute atomic E-state index is 0.411. The number of hydrogen-bond donors (Lipinski definition) is 0. The van der Waals surface area contributed by atoms with Crippen LogP contribution in [0.15, 0.2) is 24.3 Å². The fourth-order valence-corrected chi connectivity index (χ4v) is 2.15. The molecule has 29 heavy (non-hydrogen) atoms. The molecule has 166 valence electrons. The molecule has 0 aliphatic carbocycles. The molecule has 1 aromatic rings. The fourth-order valence-electron chi connectivity index (χ4n) is 2.02. The summed E-state index contributed by atoms with van der Waals surface area (Å²) in [6.07, 6.45) is 0. The molecule has 0 aliphatic rings. The zero-order valence-electron chi connectivity index (χ0n) is 16.9. The Balaban J connectivity index is 1.77. The highest BCUT2D eigenvalue weighted by molar-refractivity contribution is 6.67. The van der Waals surface area contributed by atoms with Gasteiger partial charge in [-0.2, -0.15) is 0 Å². The molecule has 0 aromatic heterocycles. The summed E-state index contributed by atoms with van der Waals surface area (Å²) in [5, 5.41) is -0.488. The first kappa shape index (κ1) is 25.8. The van der Waals surface area contributed by atoms with E-state index >= 15 is 0 Å². The first-order valence-corrected chi connectivity index (χ1v) is 9.92. The van der Waals surface area contributed by atoms with Crippen molar-refractivity contribution < 1.29 is 38.0 Å². The van der Waals surface area contributed by atoms with E-state index in [1.807, 2.05) is 0 Å². The second-order valence-corrected chi connectivity index (χ2v) is 6.04. The molecule has 0 aliphatic heterocycles. The fraction of sp³-hybridized carbons (Fsp3) is 0.650. The van der Waals surface area contributed by atoms with Gasteiger partial charge in [-0.05, 0) is 35.9 Å². The summed E-state index contributed by atoms with van der Waals surface area (Å²) in [6.45, 7) is 6.17. The number of methoxy groups -OCH3 is 1. The van der Waals surface area contributed by atoms with E-state index in [0.29, 0.717) is 90.6 Å². The summed E-state index contributed by atoms with van der Waals surface area (Å²) < 4.78 is 37.2. The largest absolute Gasteiger partial charge is 0.491 e. The van der Waals surface area contributed by atoms with E-state index in [1.54, 1.807) is 31.4 Å². The summed E-state index contributed by atoms with van der Waals surface area (Å²) in [6, 6.07) is 6.63. The maximum atomic E-state index is 11.0. The highest BCUT2D eigenvalue weighted by atomic mass is 35.5. The molecular weight excluding hydrogens is 404 g/mol. The molecule has 0 radical (unpaired) electrons. The molecule has 1 aromatic carbocycles. The van der Waals surface area contributed by atoms with Crippen LogP contribution in [0.2, 0.25) is 0 Å². The van der Waals surface area contributed by atoms with E-state index < -0.39 is 5.24 Å². The third-order valence-electron chi connectivity index (χ3n) is 3.50. The van der Waals surface area contributed by atoms with Gasteiger partial charge in [-0.25, -0.2) is 0 Å². The Morgan fingerprint density at radius 1 is 0.655 bits per heavy atom. The number of ether oxygens (including phenoxy) is 7. The quantitative estimate of drug-likeness (QED) is 0.228. The molecule has 0 N–H and O–H groups in total. The lowest BCUT2D eigenvalue weighted by atomic mass is 10.2. The van der Waals surface area contributed by atoms with Crippen molar-refractivity contribution in [3.63, 3.8) is 0 Å². The van der Waals surface area contributed by atoms with Gasteiger partial charge in [0.2, 0.25) is 0 Å². The molecule has 0 atom stereocenters. The van der Waals surface area contributed by atoms with Crippen molar-refractivity contribution in [1.29, 1.82) is 0 Å². The van der Waals surface area contributed by atoms with Crippen molar-refractivity contribution in [3.05, 3.63) is 29.8 Å². The molecule has 0 saturated heterocycles. The van der Waals surface area contributed by atoms with Gasteiger partial charge < -0.3 is 33.2 Å². The van der Waals surface area contributed by atoms with Crippen molar-refractivity contribution in [2.24, 2.45) is 0 Å². The van der Waals surface area contributed by atoms with Crippen LogP contribution < -0.4 is 4.74 Å². The minimum Gasteiger partial charge on any atom is -0.491 e. The molecule has 0 heterocycles. The van der Waals surface area contributed by atoms with Crippen LogP contribution >= 0.6 is 11.6 Å². The van der Waals surface area contributed by atoms with Crippen LogP contribution in [0.5, 0.6) is 5.75 Å². The van der Waals surface area contributed by atoms with Crippen molar-refractivity contribution >= 4 is 16.8 Å². The van der Waals surface area contributed by atoms with Gasteiger partial charge in [0.1, 0.15) is 12.4 Å². The number of rotatable bonds is 20. The average molecular weight is 435 g/mol. The third kappa shape index (κ3) is 15.3. The van der Waals surface area contributed by atoms with E-state index in [1.165, 1.54) is 0 Å². The number of benzene rings is 1. The van der Waals surface area contributed by atoms with Crippen LogP contribution in [0.1, 0.15) is 10.4 Å². The normalized spacial score (nSPS) is 11.0. The summed E-state index contributed by atoms with van der Waals surface area (Å²) in [4.78, 5) is 11.0. The lowest BCUT2D eigenvalue weighted by molar-refractivity contribution is -0.0159. The molecule has 8 nitrogen and oxygen atoms in total. The van der Waals surface area contributed by atoms with E-state index in [0.717, 1.165) is 0 Å². The Morgan fingerprint density at radius 3 is 1.41 bits per heavy atom. The highest BCUT2D eigenvalue weighted by Gasteiger charge is 2.01. The highest BCUT2D eigenvalue weighted by Crippen LogP contribution is 2.13. The maximum Gasteiger partial charge on any atom is 0.252 e. The van der Waals surface area contributed by atoms with Gasteiger partial charge in [0.05, 0.1) is 72.7 Å². The zero-order chi connectivity index (χ0) is 21.0. The van der Waals surface area contributed by atoms with Gasteiger partial charge in [-0.1, -0.05) is 0 Å². The molecule has 1 rings (SSSR count). The van der Waals surface area contributed by atoms with E-state index in [9.17, 15) is 4.79 Å². The number of carbonyl (C=O) groups excluding carboxylic acids is 1. The van der Waals surface area contributed by atoms with Crippen molar-refractivity contribution in [2.45, 2.75) is 0 Å². The summed E-state index contributed by atoms with van der Waals surface area (Å²) >= 11 is 5.38. The lowest BCUT2D eigenvalue weighted by Crippen LogP contribution is -2.14. The molecular formula is C20H31ClO8. The lowest BCUT2D eigenvalue weighted by Gasteiger charge is -2.09. The van der Waals surface area contributed by atoms with Crippen LogP contribution in [-0.4, -0.2) is 91.6 Å². The standard InChI is InChI=1S/C20H31ClO8/c1-23-6-7-24-8-9-25-10-11-26-12-13-27-14-15-28-16-17-29-19-4-2-18(3-5-19)20(21)22/h2-5H,6-17H2,1H3. The molecule has 0 spiro atoms. The summed E-state index contributed by atoms with van der Waals surface area (Å²) in [5.74, 6) is 0.659. The predicted octanol–water partition coefficient (Wildman–Crippen LogP) is 2.17. The van der Waals surface area contributed by atoms with Gasteiger partial charge in [-0.3, -0.25) is 4.79 Å².